The third-order valence-electron chi connectivity index (χ3n) is 0.811. The van der Waals surface area contributed by atoms with Gasteiger partial charge in [0.15, 0.2) is 0 Å². The molecule has 0 amide bonds. The SMILES string of the molecule is CC(=N[O-])/C(C)=N/O. The Labute approximate surface area is 47.1 Å². The molecule has 0 radical (unpaired) electrons. The Kier molecular flexibility index (Phi) is 2.61. The average Bonchev–Trinajstić information content (AvgIpc) is 1.84. The van der Waals surface area contributed by atoms with Crippen LogP contribution in [0.5, 0.6) is 0 Å². The number of nitrogens with zero attached hydrogens (tertiary/aromatic N) is 2. The lowest BCUT2D eigenvalue weighted by Crippen LogP contribution is -2.03. The lowest BCUT2D eigenvalue weighted by atomic mass is 10.3. The zero-order valence-corrected chi connectivity index (χ0v) is 4.75. The van der Waals surface area contributed by atoms with Gasteiger partial charge >= 0.3 is 0 Å². The van der Waals surface area contributed by atoms with Crippen LogP contribution >= 0.6 is 0 Å². The highest BCUT2D eigenvalue weighted by Crippen LogP contribution is 1.80. The molecule has 1 N–H and O–H groups in total. The summed E-state index contributed by atoms with van der Waals surface area (Å²) in [5.74, 6) is 0. The van der Waals surface area contributed by atoms with Crippen molar-refractivity contribution in [2.45, 2.75) is 13.8 Å². The summed E-state index contributed by atoms with van der Waals surface area (Å²) in [5.41, 5.74) is 0.451. The lowest BCUT2D eigenvalue weighted by molar-refractivity contribution is 0.320. The quantitative estimate of drug-likeness (QED) is 0.312. The fourth-order valence-corrected chi connectivity index (χ4v) is 0.138. The largest absolute Gasteiger partial charge is 0.792 e. The fourth-order valence-electron chi connectivity index (χ4n) is 0.138. The molecule has 0 aliphatic carbocycles. The van der Waals surface area contributed by atoms with Gasteiger partial charge in [0.1, 0.15) is 0 Å². The molecule has 0 aromatic carbocycles. The van der Waals surface area contributed by atoms with Crippen LogP contribution in [0.25, 0.3) is 0 Å². The standard InChI is InChI=1S/C4H8N2O2/c1-3(5-7)4(2)6-8/h7-8H,1-2H3/p-1/b5-3+,6-4?. The Morgan fingerprint density at radius 2 is 1.88 bits per heavy atom. The van der Waals surface area contributed by atoms with Crippen LogP contribution in [0.4, 0.5) is 0 Å². The van der Waals surface area contributed by atoms with Crippen LogP contribution in [0.15, 0.2) is 10.3 Å². The predicted molar refractivity (Wildman–Crippen MR) is 31.4 cm³/mol. The van der Waals surface area contributed by atoms with Crippen molar-refractivity contribution in [3.63, 3.8) is 0 Å². The van der Waals surface area contributed by atoms with E-state index in [0.717, 1.165) is 0 Å². The normalized spacial score (nSPS) is 14.2. The molecule has 0 bridgehead atoms. The second-order valence-electron chi connectivity index (χ2n) is 1.36. The number of hydrogen-bond acceptors (Lipinski definition) is 4. The Morgan fingerprint density at radius 1 is 1.38 bits per heavy atom. The molecule has 0 aliphatic rings. The van der Waals surface area contributed by atoms with E-state index in [4.69, 9.17) is 5.21 Å². The summed E-state index contributed by atoms with van der Waals surface area (Å²) in [7, 11) is 0. The van der Waals surface area contributed by atoms with E-state index in [1.807, 2.05) is 0 Å². The topological polar surface area (TPSA) is 68.0 Å². The van der Waals surface area contributed by atoms with Gasteiger partial charge in [0.05, 0.1) is 11.4 Å². The van der Waals surface area contributed by atoms with Crippen molar-refractivity contribution in [2.24, 2.45) is 10.3 Å². The average molecular weight is 115 g/mol. The summed E-state index contributed by atoms with van der Waals surface area (Å²) in [4.78, 5) is 0. The van der Waals surface area contributed by atoms with E-state index in [0.29, 0.717) is 0 Å². The molecule has 0 atom stereocenters. The van der Waals surface area contributed by atoms with Crippen LogP contribution in [-0.4, -0.2) is 16.6 Å². The maximum absolute atomic E-state index is 9.63. The third-order valence-corrected chi connectivity index (χ3v) is 0.811. The molecule has 0 aromatic heterocycles. The molecular weight excluding hydrogens is 108 g/mol. The zero-order valence-electron chi connectivity index (χ0n) is 4.75. The van der Waals surface area contributed by atoms with E-state index >= 15 is 0 Å². The maximum atomic E-state index is 9.63. The summed E-state index contributed by atoms with van der Waals surface area (Å²) < 4.78 is 0. The van der Waals surface area contributed by atoms with Crippen molar-refractivity contribution < 1.29 is 5.21 Å². The van der Waals surface area contributed by atoms with E-state index in [1.165, 1.54) is 13.8 Å². The molecule has 0 rings (SSSR count). The molecule has 0 aromatic rings. The van der Waals surface area contributed by atoms with Crippen molar-refractivity contribution in [1.82, 2.24) is 0 Å². The molecule has 4 nitrogen and oxygen atoms in total. The Hall–Kier alpha value is -1.06. The van der Waals surface area contributed by atoms with Gasteiger partial charge in [-0.25, -0.2) is 0 Å². The third kappa shape index (κ3) is 1.59. The molecular formula is C4H7N2O2-. The van der Waals surface area contributed by atoms with Gasteiger partial charge in [-0.3, -0.25) is 0 Å². The highest BCUT2D eigenvalue weighted by molar-refractivity contribution is 6.40. The van der Waals surface area contributed by atoms with Gasteiger partial charge in [0.2, 0.25) is 0 Å². The summed E-state index contributed by atoms with van der Waals surface area (Å²) >= 11 is 0. The van der Waals surface area contributed by atoms with Gasteiger partial charge < -0.3 is 15.6 Å². The lowest BCUT2D eigenvalue weighted by Gasteiger charge is -1.97. The Bertz CT molecular complexity index is 112. The predicted octanol–water partition coefficient (Wildman–Crippen LogP) is 0.795. The monoisotopic (exact) mass is 115 g/mol. The molecule has 0 spiro atoms. The van der Waals surface area contributed by atoms with E-state index < -0.39 is 0 Å². The number of hydrogen-bond donors (Lipinski definition) is 1. The van der Waals surface area contributed by atoms with Crippen LogP contribution in [0.1, 0.15) is 13.8 Å². The van der Waals surface area contributed by atoms with Gasteiger partial charge in [-0.1, -0.05) is 5.16 Å². The number of oxime groups is 1. The summed E-state index contributed by atoms with van der Waals surface area (Å²) in [6, 6.07) is 0. The maximum Gasteiger partial charge on any atom is 0.0967 e. The van der Waals surface area contributed by atoms with Gasteiger partial charge in [0, 0.05) is 0 Å². The highest BCUT2D eigenvalue weighted by atomic mass is 16.4. The molecule has 0 saturated carbocycles. The summed E-state index contributed by atoms with van der Waals surface area (Å²) in [6.07, 6.45) is 0. The molecule has 0 heterocycles. The van der Waals surface area contributed by atoms with Crippen LogP contribution in [0.2, 0.25) is 0 Å². The van der Waals surface area contributed by atoms with E-state index in [2.05, 4.69) is 10.3 Å². The Balaban J connectivity index is 4.04. The van der Waals surface area contributed by atoms with Crippen molar-refractivity contribution in [3.8, 4) is 0 Å². The van der Waals surface area contributed by atoms with Crippen molar-refractivity contribution in [2.75, 3.05) is 0 Å². The second-order valence-corrected chi connectivity index (χ2v) is 1.36. The second kappa shape index (κ2) is 3.01. The van der Waals surface area contributed by atoms with Crippen LogP contribution in [0.3, 0.4) is 0 Å². The van der Waals surface area contributed by atoms with Gasteiger partial charge in [0.25, 0.3) is 0 Å². The zero-order chi connectivity index (χ0) is 6.57. The molecule has 0 saturated heterocycles. The van der Waals surface area contributed by atoms with Crippen molar-refractivity contribution >= 4 is 11.4 Å². The minimum Gasteiger partial charge on any atom is -0.792 e. The van der Waals surface area contributed by atoms with Crippen LogP contribution < -0.4 is 0 Å². The first-order valence-electron chi connectivity index (χ1n) is 2.08. The molecule has 8 heavy (non-hydrogen) atoms. The first-order valence-corrected chi connectivity index (χ1v) is 2.08. The first kappa shape index (κ1) is 6.94. The molecule has 4 heteroatoms. The van der Waals surface area contributed by atoms with Crippen LogP contribution in [-0.2, 0) is 0 Å². The smallest absolute Gasteiger partial charge is 0.0967 e. The summed E-state index contributed by atoms with van der Waals surface area (Å²) in [5, 5.41) is 22.9. The number of rotatable bonds is 1. The van der Waals surface area contributed by atoms with E-state index in [9.17, 15) is 5.21 Å². The van der Waals surface area contributed by atoms with Crippen molar-refractivity contribution in [3.05, 3.63) is 5.21 Å². The highest BCUT2D eigenvalue weighted by Gasteiger charge is 1.90. The van der Waals surface area contributed by atoms with Gasteiger partial charge in [-0.15, -0.1) is 0 Å². The molecule has 0 unspecified atom stereocenters. The van der Waals surface area contributed by atoms with Gasteiger partial charge in [-0.2, -0.15) is 0 Å². The minimum atomic E-state index is 0.201. The first-order chi connectivity index (χ1) is 3.72. The molecule has 46 valence electrons. The molecule has 0 fully saturated rings. The van der Waals surface area contributed by atoms with E-state index in [-0.39, 0.29) is 11.4 Å². The Morgan fingerprint density at radius 3 is 2.00 bits per heavy atom. The van der Waals surface area contributed by atoms with Crippen LogP contribution in [0, 0.1) is 5.21 Å². The van der Waals surface area contributed by atoms with Gasteiger partial charge in [-0.05, 0) is 13.8 Å². The minimum absolute atomic E-state index is 0.201. The molecule has 0 aliphatic heterocycles. The summed E-state index contributed by atoms with van der Waals surface area (Å²) in [6.45, 7) is 2.97. The van der Waals surface area contributed by atoms with E-state index in [1.54, 1.807) is 0 Å². The van der Waals surface area contributed by atoms with Crippen molar-refractivity contribution in [1.29, 1.82) is 0 Å². The fraction of sp³-hybridized carbons (Fsp3) is 0.500.